The van der Waals surface area contributed by atoms with E-state index >= 15 is 0 Å². The molecule has 0 aromatic rings. The van der Waals surface area contributed by atoms with Crippen molar-refractivity contribution in [2.24, 2.45) is 0 Å². The zero-order valence-corrected chi connectivity index (χ0v) is 26.0. The molecule has 0 aliphatic carbocycles. The summed E-state index contributed by atoms with van der Waals surface area (Å²) in [6.07, 6.45) is 17.5. The molecule has 0 saturated carbocycles. The van der Waals surface area contributed by atoms with Gasteiger partial charge in [-0.15, -0.1) is 0 Å². The van der Waals surface area contributed by atoms with Gasteiger partial charge >= 0.3 is 0 Å². The van der Waals surface area contributed by atoms with Crippen LogP contribution in [0.3, 0.4) is 0 Å². The predicted octanol–water partition coefficient (Wildman–Crippen LogP) is 7.24. The van der Waals surface area contributed by atoms with Crippen LogP contribution in [0.4, 0.5) is 4.39 Å². The van der Waals surface area contributed by atoms with Crippen molar-refractivity contribution in [1.82, 2.24) is 15.1 Å². The van der Waals surface area contributed by atoms with E-state index in [-0.39, 0.29) is 5.83 Å². The number of piperidine rings is 2. The van der Waals surface area contributed by atoms with Crippen LogP contribution in [0.1, 0.15) is 80.1 Å². The molecule has 0 amide bonds. The molecule has 1 unspecified atom stereocenters. The molecule has 2 aliphatic rings. The third-order valence-electron chi connectivity index (χ3n) is 6.53. The van der Waals surface area contributed by atoms with Crippen molar-refractivity contribution in [3.8, 4) is 0 Å². The van der Waals surface area contributed by atoms with E-state index < -0.39 is 0 Å². The number of hydrogen-bond acceptors (Lipinski definition) is 5. The zero-order chi connectivity index (χ0) is 29.3. The van der Waals surface area contributed by atoms with Crippen molar-refractivity contribution in [1.29, 1.82) is 0 Å². The molecule has 220 valence electrons. The Kier molecular flexibility index (Phi) is 25.4. The molecule has 2 rings (SSSR count). The van der Waals surface area contributed by atoms with Crippen LogP contribution in [0, 0.1) is 0 Å². The van der Waals surface area contributed by atoms with E-state index in [0.717, 1.165) is 43.5 Å². The summed E-state index contributed by atoms with van der Waals surface area (Å²) in [5.74, 6) is -0.0909. The maximum atomic E-state index is 13.3. The summed E-state index contributed by atoms with van der Waals surface area (Å²) >= 11 is 0. The molecule has 1 atom stereocenters. The molecule has 1 N–H and O–H groups in total. The minimum absolute atomic E-state index is 0.0909. The largest absolute Gasteiger partial charge is 0.393 e. The monoisotopic (exact) mass is 535 g/mol. The topological polar surface area (TPSA) is 44.8 Å². The standard InChI is InChI=1S/C17H29FN2.C8H13NO.C5H10.C2H6O/c1-4-16(15(3)18)13-19-11-8-17(9-12-19)20-10-6-5-7-14(20)2;1-3-4-5-8(7-10)6-9-2;1-4-5(2)3;1-3-2/h4,14,17H,1,5-13H2,2-3H3;4-7,9H,3H2,1-2H3;4H,1-3H3;1-2H3/b16-15-;5-4-,8-6+;;. The number of nitrogens with one attached hydrogen (secondary N) is 1. The number of nitrogens with zero attached hydrogens (tertiary/aromatic N) is 2. The van der Waals surface area contributed by atoms with Crippen LogP contribution in [0.5, 0.6) is 0 Å². The second kappa shape index (κ2) is 25.3. The molecule has 2 heterocycles. The summed E-state index contributed by atoms with van der Waals surface area (Å²) in [7, 11) is 5.02. The number of carbonyl (C=O) groups is 1. The molecule has 2 aliphatic heterocycles. The Morgan fingerprint density at radius 2 is 1.68 bits per heavy atom. The fraction of sp³-hybridized carbons (Fsp3) is 0.656. The van der Waals surface area contributed by atoms with Crippen LogP contribution in [0.2, 0.25) is 0 Å². The molecule has 38 heavy (non-hydrogen) atoms. The molecular formula is C32H58FN3O2. The molecule has 2 saturated heterocycles. The smallest absolute Gasteiger partial charge is 0.151 e. The summed E-state index contributed by atoms with van der Waals surface area (Å²) < 4.78 is 17.6. The SMILES string of the molecule is C=C/C(CN1CCC(N2CCCCC2C)CC1)=C(\C)F.CC/C=C\C(C=O)=C/NC.CC=C(C)C.COC. The van der Waals surface area contributed by atoms with Gasteiger partial charge in [0.1, 0.15) is 5.83 Å². The summed E-state index contributed by atoms with van der Waals surface area (Å²) in [5, 5.41) is 2.78. The van der Waals surface area contributed by atoms with Crippen molar-refractivity contribution in [3.05, 3.63) is 59.6 Å². The number of hydrogen-bond donors (Lipinski definition) is 1. The van der Waals surface area contributed by atoms with Crippen molar-refractivity contribution >= 4 is 6.29 Å². The Labute approximate surface area is 234 Å². The number of ether oxygens (including phenoxy) is 1. The average Bonchev–Trinajstić information content (AvgIpc) is 2.91. The first-order valence-electron chi connectivity index (χ1n) is 14.1. The number of allylic oxidation sites excluding steroid dienone is 6. The zero-order valence-electron chi connectivity index (χ0n) is 26.0. The van der Waals surface area contributed by atoms with Gasteiger partial charge < -0.3 is 10.1 Å². The van der Waals surface area contributed by atoms with E-state index in [0.29, 0.717) is 12.1 Å². The Morgan fingerprint density at radius 1 is 1.11 bits per heavy atom. The lowest BCUT2D eigenvalue weighted by Crippen LogP contribution is -2.50. The normalized spacial score (nSPS) is 19.4. The van der Waals surface area contributed by atoms with E-state index in [1.54, 1.807) is 39.6 Å². The summed E-state index contributed by atoms with van der Waals surface area (Å²) in [4.78, 5) is 15.3. The van der Waals surface area contributed by atoms with Gasteiger partial charge in [0.05, 0.1) is 0 Å². The Morgan fingerprint density at radius 3 is 2.08 bits per heavy atom. The second-order valence-electron chi connectivity index (χ2n) is 9.99. The number of aldehydes is 1. The maximum absolute atomic E-state index is 13.3. The minimum Gasteiger partial charge on any atom is -0.393 e. The lowest BCUT2D eigenvalue weighted by Gasteiger charge is -2.43. The van der Waals surface area contributed by atoms with Crippen molar-refractivity contribution < 1.29 is 13.9 Å². The van der Waals surface area contributed by atoms with Crippen molar-refractivity contribution in [3.63, 3.8) is 0 Å². The van der Waals surface area contributed by atoms with Crippen LogP contribution in [-0.2, 0) is 9.53 Å². The number of likely N-dealkylation sites (tertiary alicyclic amines) is 2. The van der Waals surface area contributed by atoms with Crippen LogP contribution < -0.4 is 5.32 Å². The predicted molar refractivity (Wildman–Crippen MR) is 164 cm³/mol. The van der Waals surface area contributed by atoms with Gasteiger partial charge in [-0.25, -0.2) is 4.39 Å². The third-order valence-corrected chi connectivity index (χ3v) is 6.53. The first-order chi connectivity index (χ1) is 18.1. The lowest BCUT2D eigenvalue weighted by atomic mass is 9.95. The van der Waals surface area contributed by atoms with Crippen LogP contribution in [-0.4, -0.2) is 75.6 Å². The Bertz CT molecular complexity index is 727. The second-order valence-corrected chi connectivity index (χ2v) is 9.99. The molecule has 2 fully saturated rings. The summed E-state index contributed by atoms with van der Waals surface area (Å²) in [5.41, 5.74) is 2.80. The van der Waals surface area contributed by atoms with Gasteiger partial charge in [0.25, 0.3) is 0 Å². The maximum Gasteiger partial charge on any atom is 0.151 e. The lowest BCUT2D eigenvalue weighted by molar-refractivity contribution is -0.104. The molecule has 0 bridgehead atoms. The fourth-order valence-electron chi connectivity index (χ4n) is 4.17. The quantitative estimate of drug-likeness (QED) is 0.154. The molecule has 5 nitrogen and oxygen atoms in total. The third kappa shape index (κ3) is 19.1. The van der Waals surface area contributed by atoms with E-state index in [4.69, 9.17) is 0 Å². The molecule has 0 aromatic carbocycles. The summed E-state index contributed by atoms with van der Waals surface area (Å²) in [6.45, 7) is 20.0. The average molecular weight is 536 g/mol. The van der Waals surface area contributed by atoms with E-state index in [9.17, 15) is 9.18 Å². The van der Waals surface area contributed by atoms with Gasteiger partial charge in [-0.1, -0.05) is 49.8 Å². The molecule has 0 radical (unpaired) electrons. The van der Waals surface area contributed by atoms with E-state index in [1.807, 2.05) is 19.9 Å². The van der Waals surface area contributed by atoms with Crippen molar-refractivity contribution in [2.75, 3.05) is 47.4 Å². The van der Waals surface area contributed by atoms with Gasteiger partial charge in [0.15, 0.2) is 6.29 Å². The van der Waals surface area contributed by atoms with Gasteiger partial charge in [-0.2, -0.15) is 0 Å². The number of carbonyl (C=O) groups excluding carboxylic acids is 1. The van der Waals surface area contributed by atoms with Gasteiger partial charge in [-0.05, 0) is 91.9 Å². The number of halogens is 1. The highest BCUT2D eigenvalue weighted by molar-refractivity contribution is 5.77. The van der Waals surface area contributed by atoms with E-state index in [2.05, 4.69) is 53.3 Å². The Balaban J connectivity index is 0. The molecule has 0 spiro atoms. The van der Waals surface area contributed by atoms with Gasteiger partial charge in [-0.3, -0.25) is 14.6 Å². The fourth-order valence-corrected chi connectivity index (χ4v) is 4.17. The van der Waals surface area contributed by atoms with Gasteiger partial charge in [0, 0.05) is 51.7 Å². The van der Waals surface area contributed by atoms with Gasteiger partial charge in [0.2, 0.25) is 0 Å². The number of methoxy groups -OCH3 is 1. The van der Waals surface area contributed by atoms with Crippen LogP contribution in [0.25, 0.3) is 0 Å². The highest BCUT2D eigenvalue weighted by Gasteiger charge is 2.29. The Hall–Kier alpha value is -2.02. The van der Waals surface area contributed by atoms with E-state index in [1.165, 1.54) is 51.1 Å². The van der Waals surface area contributed by atoms with Crippen LogP contribution in [0.15, 0.2) is 59.6 Å². The van der Waals surface area contributed by atoms with Crippen LogP contribution >= 0.6 is 0 Å². The minimum atomic E-state index is -0.0909. The molecular weight excluding hydrogens is 477 g/mol. The highest BCUT2D eigenvalue weighted by atomic mass is 19.1. The highest BCUT2D eigenvalue weighted by Crippen LogP contribution is 2.25. The molecule has 6 heteroatoms. The first-order valence-corrected chi connectivity index (χ1v) is 14.1. The number of rotatable bonds is 8. The van der Waals surface area contributed by atoms with Crippen molar-refractivity contribution in [2.45, 2.75) is 92.2 Å². The summed E-state index contributed by atoms with van der Waals surface area (Å²) in [6, 6.07) is 1.49. The first kappa shape index (κ1) is 38.1. The molecule has 0 aromatic heterocycles.